The van der Waals surface area contributed by atoms with Gasteiger partial charge in [-0.15, -0.1) is 11.8 Å². The van der Waals surface area contributed by atoms with Crippen LogP contribution in [-0.4, -0.2) is 12.0 Å². The van der Waals surface area contributed by atoms with Crippen LogP contribution in [0.2, 0.25) is 0 Å². The van der Waals surface area contributed by atoms with E-state index in [0.717, 1.165) is 57.2 Å². The van der Waals surface area contributed by atoms with Crippen molar-refractivity contribution < 1.29 is 4.74 Å². The normalized spacial score (nSPS) is 11.7. The van der Waals surface area contributed by atoms with E-state index in [2.05, 4.69) is 117 Å². The number of rotatable bonds is 11. The Balaban J connectivity index is 1.19. The third kappa shape index (κ3) is 7.76. The molecule has 48 heavy (non-hydrogen) atoms. The van der Waals surface area contributed by atoms with Crippen molar-refractivity contribution in [2.75, 3.05) is 6.26 Å². The molecule has 2 nitrogen and oxygen atoms in total. The molecule has 0 aliphatic rings. The fourth-order valence-electron chi connectivity index (χ4n) is 5.74. The summed E-state index contributed by atoms with van der Waals surface area (Å²) in [5.41, 5.74) is 12.1. The summed E-state index contributed by atoms with van der Waals surface area (Å²) in [7, 11) is 0. The Morgan fingerprint density at radius 1 is 0.646 bits per heavy atom. The first kappa shape index (κ1) is 32.6. The first-order valence-corrected chi connectivity index (χ1v) is 17.5. The van der Waals surface area contributed by atoms with Gasteiger partial charge in [0.1, 0.15) is 11.5 Å². The van der Waals surface area contributed by atoms with Crippen molar-refractivity contribution in [3.63, 3.8) is 0 Å². The lowest BCUT2D eigenvalue weighted by atomic mass is 9.95. The molecule has 236 valence electrons. The molecule has 0 aromatic heterocycles. The standard InChI is InChI=1S/C45H39NOS/c1-5-34-14-12-13-19-42(34)43-31-39(24-29-45(43)48-4)37-22-27-41(28-23-37)47-40-25-20-36(21-26-40)33(3)46-44(38-17-10-7-11-18-38)30-32(2)35-15-8-6-9-16-35/h6-31H,2,5H2,1,3-4H3/b44-30-,46-33+. The maximum absolute atomic E-state index is 6.25. The van der Waals surface area contributed by atoms with Gasteiger partial charge in [-0.1, -0.05) is 117 Å². The highest BCUT2D eigenvalue weighted by Gasteiger charge is 2.11. The number of aryl methyl sites for hydroxylation is 1. The van der Waals surface area contributed by atoms with Crippen molar-refractivity contribution in [2.24, 2.45) is 4.99 Å². The van der Waals surface area contributed by atoms with Crippen LogP contribution >= 0.6 is 11.8 Å². The van der Waals surface area contributed by atoms with Gasteiger partial charge in [0.25, 0.3) is 0 Å². The van der Waals surface area contributed by atoms with Crippen LogP contribution in [0, 0.1) is 0 Å². The van der Waals surface area contributed by atoms with Crippen LogP contribution in [-0.2, 0) is 6.42 Å². The van der Waals surface area contributed by atoms with Gasteiger partial charge < -0.3 is 4.74 Å². The molecule has 0 bridgehead atoms. The second-order valence-electron chi connectivity index (χ2n) is 11.6. The van der Waals surface area contributed by atoms with Crippen LogP contribution in [0.1, 0.15) is 36.1 Å². The summed E-state index contributed by atoms with van der Waals surface area (Å²) >= 11 is 1.79. The first-order chi connectivity index (χ1) is 23.5. The monoisotopic (exact) mass is 641 g/mol. The molecular formula is C45H39NOS. The molecule has 6 rings (SSSR count). The van der Waals surface area contributed by atoms with E-state index in [9.17, 15) is 0 Å². The first-order valence-electron chi connectivity index (χ1n) is 16.2. The maximum Gasteiger partial charge on any atom is 0.127 e. The molecule has 6 aromatic carbocycles. The van der Waals surface area contributed by atoms with Crippen molar-refractivity contribution in [1.82, 2.24) is 0 Å². The van der Waals surface area contributed by atoms with E-state index >= 15 is 0 Å². The Labute approximate surface area is 289 Å². The quantitative estimate of drug-likeness (QED) is 0.0797. The van der Waals surface area contributed by atoms with E-state index in [1.165, 1.54) is 27.1 Å². The Morgan fingerprint density at radius 2 is 1.23 bits per heavy atom. The Bertz CT molecular complexity index is 2060. The average molecular weight is 642 g/mol. The predicted octanol–water partition coefficient (Wildman–Crippen LogP) is 12.7. The number of hydrogen-bond donors (Lipinski definition) is 0. The van der Waals surface area contributed by atoms with Crippen LogP contribution in [0.4, 0.5) is 0 Å². The highest BCUT2D eigenvalue weighted by Crippen LogP contribution is 2.37. The zero-order valence-electron chi connectivity index (χ0n) is 27.7. The third-order valence-electron chi connectivity index (χ3n) is 8.40. The van der Waals surface area contributed by atoms with Gasteiger partial charge in [-0.05, 0) is 119 Å². The van der Waals surface area contributed by atoms with Crippen molar-refractivity contribution in [3.05, 3.63) is 187 Å². The van der Waals surface area contributed by atoms with Gasteiger partial charge >= 0.3 is 0 Å². The topological polar surface area (TPSA) is 21.6 Å². The molecule has 3 heteroatoms. The fraction of sp³-hybridized carbons (Fsp3) is 0.0889. The lowest BCUT2D eigenvalue weighted by Crippen LogP contribution is -1.96. The molecule has 0 saturated carbocycles. The summed E-state index contributed by atoms with van der Waals surface area (Å²) in [5, 5.41) is 0. The van der Waals surface area contributed by atoms with Gasteiger partial charge in [0.2, 0.25) is 0 Å². The molecule has 0 radical (unpaired) electrons. The molecule has 0 atom stereocenters. The smallest absolute Gasteiger partial charge is 0.127 e. The Hall–Kier alpha value is -5.38. The zero-order chi connectivity index (χ0) is 33.3. The molecular weight excluding hydrogens is 603 g/mol. The molecule has 0 unspecified atom stereocenters. The summed E-state index contributed by atoms with van der Waals surface area (Å²) < 4.78 is 6.25. The van der Waals surface area contributed by atoms with E-state index in [1.807, 2.05) is 67.6 Å². The number of benzene rings is 6. The molecule has 0 heterocycles. The second kappa shape index (κ2) is 15.5. The van der Waals surface area contributed by atoms with E-state index in [1.54, 1.807) is 11.8 Å². The predicted molar refractivity (Wildman–Crippen MR) is 207 cm³/mol. The third-order valence-corrected chi connectivity index (χ3v) is 9.19. The summed E-state index contributed by atoms with van der Waals surface area (Å²) in [4.78, 5) is 6.34. The molecule has 0 N–H and O–H groups in total. The van der Waals surface area contributed by atoms with Gasteiger partial charge in [0, 0.05) is 16.2 Å². The number of aliphatic imine (C=N–C) groups is 1. The molecule has 0 amide bonds. The minimum atomic E-state index is 0.776. The van der Waals surface area contributed by atoms with E-state index < -0.39 is 0 Å². The van der Waals surface area contributed by atoms with Gasteiger partial charge in [-0.2, -0.15) is 0 Å². The average Bonchev–Trinajstić information content (AvgIpc) is 3.15. The molecule has 0 aliphatic carbocycles. The summed E-state index contributed by atoms with van der Waals surface area (Å²) in [6.45, 7) is 8.56. The number of hydrogen-bond acceptors (Lipinski definition) is 3. The summed E-state index contributed by atoms with van der Waals surface area (Å²) in [6.07, 6.45) is 5.20. The minimum absolute atomic E-state index is 0.776. The number of nitrogens with zero attached hydrogens (tertiary/aromatic N) is 1. The molecule has 0 spiro atoms. The molecule has 0 saturated heterocycles. The van der Waals surface area contributed by atoms with Crippen molar-refractivity contribution in [1.29, 1.82) is 0 Å². The summed E-state index contributed by atoms with van der Waals surface area (Å²) in [5.74, 6) is 1.57. The van der Waals surface area contributed by atoms with E-state index in [4.69, 9.17) is 9.73 Å². The highest BCUT2D eigenvalue weighted by molar-refractivity contribution is 7.98. The zero-order valence-corrected chi connectivity index (χ0v) is 28.5. The lowest BCUT2D eigenvalue weighted by molar-refractivity contribution is 0.483. The Morgan fingerprint density at radius 3 is 1.88 bits per heavy atom. The largest absolute Gasteiger partial charge is 0.457 e. The van der Waals surface area contributed by atoms with Crippen molar-refractivity contribution in [2.45, 2.75) is 25.2 Å². The number of allylic oxidation sites excluding steroid dienone is 2. The second-order valence-corrected chi connectivity index (χ2v) is 12.4. The molecule has 6 aromatic rings. The van der Waals surface area contributed by atoms with E-state index in [-0.39, 0.29) is 0 Å². The molecule has 0 aliphatic heterocycles. The van der Waals surface area contributed by atoms with Gasteiger partial charge in [0.15, 0.2) is 0 Å². The van der Waals surface area contributed by atoms with Crippen LogP contribution in [0.25, 0.3) is 33.5 Å². The van der Waals surface area contributed by atoms with Crippen LogP contribution in [0.15, 0.2) is 174 Å². The van der Waals surface area contributed by atoms with Gasteiger partial charge in [0.05, 0.1) is 5.70 Å². The fourth-order valence-corrected chi connectivity index (χ4v) is 6.33. The van der Waals surface area contributed by atoms with Gasteiger partial charge in [-0.3, -0.25) is 4.99 Å². The van der Waals surface area contributed by atoms with Crippen LogP contribution in [0.5, 0.6) is 11.5 Å². The highest BCUT2D eigenvalue weighted by atomic mass is 32.2. The van der Waals surface area contributed by atoms with Crippen molar-refractivity contribution in [3.8, 4) is 33.8 Å². The SMILES string of the molecule is C=C(/C=C(\N=C(/C)c1ccc(Oc2ccc(-c3ccc(SC)c(-c4ccccc4CC)c3)cc2)cc1)c1ccccc1)c1ccccc1. The maximum atomic E-state index is 6.25. The number of ether oxygens (including phenoxy) is 1. The lowest BCUT2D eigenvalue weighted by Gasteiger charge is -2.14. The van der Waals surface area contributed by atoms with Crippen LogP contribution in [0.3, 0.4) is 0 Å². The number of thioether (sulfide) groups is 1. The van der Waals surface area contributed by atoms with Crippen LogP contribution < -0.4 is 4.74 Å². The Kier molecular flexibility index (Phi) is 10.5. The minimum Gasteiger partial charge on any atom is -0.457 e. The van der Waals surface area contributed by atoms with Gasteiger partial charge in [-0.25, -0.2) is 0 Å². The molecule has 0 fully saturated rings. The van der Waals surface area contributed by atoms with E-state index in [0.29, 0.717) is 0 Å². The van der Waals surface area contributed by atoms with Crippen molar-refractivity contribution >= 4 is 28.7 Å². The summed E-state index contributed by atoms with van der Waals surface area (Å²) in [6, 6.07) is 52.3.